The number of thiol groups is 1. The predicted octanol–water partition coefficient (Wildman–Crippen LogP) is 3.21. The van der Waals surface area contributed by atoms with Crippen molar-refractivity contribution in [1.29, 1.82) is 0 Å². The number of hydrogen-bond donors (Lipinski definition) is 2. The summed E-state index contributed by atoms with van der Waals surface area (Å²) in [6, 6.07) is 5.86. The van der Waals surface area contributed by atoms with Gasteiger partial charge in [-0.25, -0.2) is 22.8 Å². The highest BCUT2D eigenvalue weighted by atomic mass is 32.2. The molecule has 124 valence electrons. The molecule has 0 fully saturated rings. The Balaban J connectivity index is 2.68. The second-order valence-corrected chi connectivity index (χ2v) is 7.52. The standard InChI is InChI=1S/C15H18FN3O2S2/c1-9(2)13-12(8-22)14(10-4-6-11(16)7-5-10)18-15(17-13)19-23(3,20)21/h4-7,9,22H,8H2,1-3H3,(H,17,18,19). The fourth-order valence-electron chi connectivity index (χ4n) is 2.19. The number of anilines is 1. The fourth-order valence-corrected chi connectivity index (χ4v) is 2.93. The molecular weight excluding hydrogens is 337 g/mol. The summed E-state index contributed by atoms with van der Waals surface area (Å²) in [7, 11) is -3.50. The van der Waals surface area contributed by atoms with E-state index in [9.17, 15) is 12.8 Å². The lowest BCUT2D eigenvalue weighted by Crippen LogP contribution is -2.15. The normalized spacial score (nSPS) is 11.7. The topological polar surface area (TPSA) is 72.0 Å². The van der Waals surface area contributed by atoms with Crippen molar-refractivity contribution in [3.05, 3.63) is 41.3 Å². The average molecular weight is 355 g/mol. The predicted molar refractivity (Wildman–Crippen MR) is 92.7 cm³/mol. The lowest BCUT2D eigenvalue weighted by Gasteiger charge is -2.16. The van der Waals surface area contributed by atoms with Crippen molar-refractivity contribution in [2.75, 3.05) is 11.0 Å². The molecule has 1 aromatic carbocycles. The summed E-state index contributed by atoms with van der Waals surface area (Å²) in [5.74, 6) is 0.0913. The fraction of sp³-hybridized carbons (Fsp3) is 0.333. The van der Waals surface area contributed by atoms with Crippen LogP contribution in [0.2, 0.25) is 0 Å². The number of hydrogen-bond acceptors (Lipinski definition) is 5. The van der Waals surface area contributed by atoms with Crippen LogP contribution in [-0.4, -0.2) is 24.6 Å². The third-order valence-electron chi connectivity index (χ3n) is 3.14. The van der Waals surface area contributed by atoms with Crippen molar-refractivity contribution in [3.63, 3.8) is 0 Å². The Bertz CT molecular complexity index is 806. The molecule has 8 heteroatoms. The summed E-state index contributed by atoms with van der Waals surface area (Å²) in [5, 5.41) is 0. The minimum Gasteiger partial charge on any atom is -0.251 e. The maximum absolute atomic E-state index is 13.2. The monoisotopic (exact) mass is 355 g/mol. The number of sulfonamides is 1. The first-order valence-electron chi connectivity index (χ1n) is 6.96. The van der Waals surface area contributed by atoms with E-state index in [1.54, 1.807) is 12.1 Å². The summed E-state index contributed by atoms with van der Waals surface area (Å²) in [6.07, 6.45) is 1.04. The molecule has 0 bridgehead atoms. The van der Waals surface area contributed by atoms with Crippen molar-refractivity contribution in [1.82, 2.24) is 9.97 Å². The highest BCUT2D eigenvalue weighted by molar-refractivity contribution is 7.92. The molecule has 2 aromatic rings. The van der Waals surface area contributed by atoms with Crippen LogP contribution in [0.1, 0.15) is 31.0 Å². The van der Waals surface area contributed by atoms with Gasteiger partial charge in [-0.05, 0) is 30.2 Å². The average Bonchev–Trinajstić information content (AvgIpc) is 2.45. The Morgan fingerprint density at radius 1 is 1.22 bits per heavy atom. The van der Waals surface area contributed by atoms with Gasteiger partial charge in [0.1, 0.15) is 5.82 Å². The molecule has 1 N–H and O–H groups in total. The Hall–Kier alpha value is -1.67. The summed E-state index contributed by atoms with van der Waals surface area (Å²) >= 11 is 4.34. The van der Waals surface area contributed by atoms with E-state index in [1.807, 2.05) is 13.8 Å². The van der Waals surface area contributed by atoms with Crippen LogP contribution in [-0.2, 0) is 15.8 Å². The summed E-state index contributed by atoms with van der Waals surface area (Å²) in [4.78, 5) is 8.61. The van der Waals surface area contributed by atoms with Crippen LogP contribution < -0.4 is 4.72 Å². The quantitative estimate of drug-likeness (QED) is 0.808. The van der Waals surface area contributed by atoms with Crippen LogP contribution in [0.25, 0.3) is 11.3 Å². The number of benzene rings is 1. The van der Waals surface area contributed by atoms with E-state index in [-0.39, 0.29) is 17.7 Å². The molecule has 0 spiro atoms. The van der Waals surface area contributed by atoms with Crippen LogP contribution >= 0.6 is 12.6 Å². The van der Waals surface area contributed by atoms with Crippen LogP contribution in [0.15, 0.2) is 24.3 Å². The molecule has 1 heterocycles. The second kappa shape index (κ2) is 6.84. The van der Waals surface area contributed by atoms with Crippen LogP contribution in [0.4, 0.5) is 10.3 Å². The summed E-state index contributed by atoms with van der Waals surface area (Å²) < 4.78 is 38.4. The molecule has 2 rings (SSSR count). The lowest BCUT2D eigenvalue weighted by atomic mass is 9.99. The van der Waals surface area contributed by atoms with Gasteiger partial charge in [-0.15, -0.1) is 0 Å². The first kappa shape index (κ1) is 17.7. The van der Waals surface area contributed by atoms with Gasteiger partial charge in [-0.1, -0.05) is 13.8 Å². The first-order valence-corrected chi connectivity index (χ1v) is 9.49. The smallest absolute Gasteiger partial charge is 0.237 e. The summed E-state index contributed by atoms with van der Waals surface area (Å²) in [6.45, 7) is 3.90. The Morgan fingerprint density at radius 2 is 1.83 bits per heavy atom. The van der Waals surface area contributed by atoms with E-state index >= 15 is 0 Å². The molecule has 0 aliphatic heterocycles. The molecule has 0 aliphatic rings. The van der Waals surface area contributed by atoms with Gasteiger partial charge in [-0.3, -0.25) is 4.72 Å². The highest BCUT2D eigenvalue weighted by Gasteiger charge is 2.18. The van der Waals surface area contributed by atoms with Gasteiger partial charge in [0, 0.05) is 16.9 Å². The molecular formula is C15H18FN3O2S2. The zero-order valence-corrected chi connectivity index (χ0v) is 14.7. The van der Waals surface area contributed by atoms with Gasteiger partial charge < -0.3 is 0 Å². The maximum atomic E-state index is 13.2. The van der Waals surface area contributed by atoms with E-state index in [2.05, 4.69) is 27.3 Å². The number of rotatable bonds is 5. The summed E-state index contributed by atoms with van der Waals surface area (Å²) in [5.41, 5.74) is 2.73. The highest BCUT2D eigenvalue weighted by Crippen LogP contribution is 2.30. The van der Waals surface area contributed by atoms with Gasteiger partial charge in [0.25, 0.3) is 0 Å². The van der Waals surface area contributed by atoms with Crippen LogP contribution in [0, 0.1) is 5.82 Å². The van der Waals surface area contributed by atoms with Gasteiger partial charge in [0.2, 0.25) is 16.0 Å². The molecule has 0 atom stereocenters. The Morgan fingerprint density at radius 3 is 2.30 bits per heavy atom. The van der Waals surface area contributed by atoms with Crippen molar-refractivity contribution in [2.45, 2.75) is 25.5 Å². The van der Waals surface area contributed by atoms with E-state index in [4.69, 9.17) is 0 Å². The van der Waals surface area contributed by atoms with Crippen molar-refractivity contribution < 1.29 is 12.8 Å². The molecule has 0 radical (unpaired) electrons. The molecule has 0 unspecified atom stereocenters. The minimum atomic E-state index is -3.50. The van der Waals surface area contributed by atoms with E-state index < -0.39 is 10.0 Å². The van der Waals surface area contributed by atoms with Crippen molar-refractivity contribution >= 4 is 28.6 Å². The molecule has 1 aromatic heterocycles. The van der Waals surface area contributed by atoms with Crippen molar-refractivity contribution in [3.8, 4) is 11.3 Å². The van der Waals surface area contributed by atoms with E-state index in [0.29, 0.717) is 22.7 Å². The van der Waals surface area contributed by atoms with Crippen LogP contribution in [0.5, 0.6) is 0 Å². The molecule has 0 saturated carbocycles. The van der Waals surface area contributed by atoms with Gasteiger partial charge in [0.05, 0.1) is 17.6 Å². The third-order valence-corrected chi connectivity index (χ3v) is 4.01. The molecule has 0 amide bonds. The molecule has 0 saturated heterocycles. The van der Waals surface area contributed by atoms with Gasteiger partial charge in [-0.2, -0.15) is 12.6 Å². The maximum Gasteiger partial charge on any atom is 0.237 e. The number of nitrogens with zero attached hydrogens (tertiary/aromatic N) is 2. The minimum absolute atomic E-state index is 0.000980. The zero-order chi connectivity index (χ0) is 17.2. The number of nitrogens with one attached hydrogen (secondary N) is 1. The van der Waals surface area contributed by atoms with Gasteiger partial charge in [0.15, 0.2) is 0 Å². The molecule has 5 nitrogen and oxygen atoms in total. The molecule has 0 aliphatic carbocycles. The number of halogens is 1. The Kier molecular flexibility index (Phi) is 5.26. The second-order valence-electron chi connectivity index (χ2n) is 5.45. The van der Waals surface area contributed by atoms with E-state index in [1.165, 1.54) is 12.1 Å². The SMILES string of the molecule is CC(C)c1nc(NS(C)(=O)=O)nc(-c2ccc(F)cc2)c1CS. The molecule has 23 heavy (non-hydrogen) atoms. The third kappa shape index (κ3) is 4.42. The lowest BCUT2D eigenvalue weighted by molar-refractivity contribution is 0.606. The Labute approximate surface area is 140 Å². The first-order chi connectivity index (χ1) is 10.7. The number of aromatic nitrogens is 2. The zero-order valence-electron chi connectivity index (χ0n) is 13.0. The van der Waals surface area contributed by atoms with Gasteiger partial charge >= 0.3 is 0 Å². The van der Waals surface area contributed by atoms with Crippen molar-refractivity contribution in [2.24, 2.45) is 0 Å². The van der Waals surface area contributed by atoms with E-state index in [0.717, 1.165) is 11.8 Å². The largest absolute Gasteiger partial charge is 0.251 e. The van der Waals surface area contributed by atoms with Crippen LogP contribution in [0.3, 0.4) is 0 Å².